The molecule has 0 aromatic heterocycles. The molecule has 0 bridgehead atoms. The highest BCUT2D eigenvalue weighted by atomic mass is 15.1. The Morgan fingerprint density at radius 1 is 0.478 bits per heavy atom. The molecule has 0 heterocycles. The smallest absolute Gasteiger partial charge is 0.00183 e. The van der Waals surface area contributed by atoms with Crippen molar-refractivity contribution in [3.63, 3.8) is 0 Å². The summed E-state index contributed by atoms with van der Waals surface area (Å²) in [6.45, 7) is 12.2. The molecule has 1 heteroatoms. The number of hydrogen-bond acceptors (Lipinski definition) is 1. The third-order valence-corrected chi connectivity index (χ3v) is 4.97. The van der Waals surface area contributed by atoms with Gasteiger partial charge in [-0.05, 0) is 39.4 Å². The molecule has 23 heavy (non-hydrogen) atoms. The number of unbranched alkanes of at least 4 members (excludes halogenated alkanes) is 14. The monoisotopic (exact) mass is 324 g/mol. The first-order chi connectivity index (χ1) is 11.3. The Morgan fingerprint density at radius 2 is 0.783 bits per heavy atom. The van der Waals surface area contributed by atoms with Crippen molar-refractivity contribution in [2.45, 2.75) is 117 Å². The molecule has 0 aliphatic rings. The largest absolute Gasteiger partial charge is 0.303 e. The summed E-state index contributed by atoms with van der Waals surface area (Å²) in [4.78, 5) is 2.56. The van der Waals surface area contributed by atoms with E-state index in [0.717, 1.165) is 6.54 Å². The van der Waals surface area contributed by atoms with Crippen molar-refractivity contribution in [2.75, 3.05) is 19.6 Å². The van der Waals surface area contributed by atoms with Gasteiger partial charge in [0.25, 0.3) is 0 Å². The zero-order chi connectivity index (χ0) is 17.0. The molecule has 1 radical (unpaired) electrons. The normalized spacial score (nSPS) is 11.5. The van der Waals surface area contributed by atoms with Gasteiger partial charge >= 0.3 is 0 Å². The molecule has 0 fully saturated rings. The summed E-state index contributed by atoms with van der Waals surface area (Å²) in [5, 5.41) is 0. The average Bonchev–Trinajstić information content (AvgIpc) is 2.57. The van der Waals surface area contributed by atoms with Crippen LogP contribution in [0.15, 0.2) is 0 Å². The molecule has 0 rings (SSSR count). The lowest BCUT2D eigenvalue weighted by molar-refractivity contribution is 0.285. The number of nitrogens with zero attached hydrogens (tertiary/aromatic N) is 1. The van der Waals surface area contributed by atoms with Gasteiger partial charge in [-0.25, -0.2) is 0 Å². The van der Waals surface area contributed by atoms with Crippen LogP contribution in [0.4, 0.5) is 0 Å². The van der Waals surface area contributed by atoms with Crippen molar-refractivity contribution < 1.29 is 0 Å². The maximum Gasteiger partial charge on any atom is -0.00183 e. The lowest BCUT2D eigenvalue weighted by atomic mass is 10.1. The molecule has 0 amide bonds. The van der Waals surface area contributed by atoms with Gasteiger partial charge in [0.05, 0.1) is 0 Å². The molecule has 0 aliphatic heterocycles. The minimum Gasteiger partial charge on any atom is -0.303 e. The third kappa shape index (κ3) is 18.1. The Kier molecular flexibility index (Phi) is 20.0. The highest BCUT2D eigenvalue weighted by Crippen LogP contribution is 2.11. The maximum atomic E-state index is 4.11. The van der Waals surface area contributed by atoms with Crippen molar-refractivity contribution in [3.05, 3.63) is 6.92 Å². The van der Waals surface area contributed by atoms with Gasteiger partial charge in [0, 0.05) is 0 Å². The summed E-state index contributed by atoms with van der Waals surface area (Å²) in [5.41, 5.74) is 0. The third-order valence-electron chi connectivity index (χ3n) is 4.97. The maximum absolute atomic E-state index is 4.11. The molecule has 0 spiro atoms. The van der Waals surface area contributed by atoms with Crippen LogP contribution in [-0.2, 0) is 0 Å². The van der Waals surface area contributed by atoms with Crippen LogP contribution in [0.1, 0.15) is 117 Å². The highest BCUT2D eigenvalue weighted by Gasteiger charge is 2.02. The van der Waals surface area contributed by atoms with Gasteiger partial charge in [-0.15, -0.1) is 0 Å². The van der Waals surface area contributed by atoms with Crippen molar-refractivity contribution >= 4 is 0 Å². The Hall–Kier alpha value is -0.0400. The van der Waals surface area contributed by atoms with E-state index in [0.29, 0.717) is 0 Å². The van der Waals surface area contributed by atoms with Crippen molar-refractivity contribution in [2.24, 2.45) is 0 Å². The van der Waals surface area contributed by atoms with Gasteiger partial charge in [0.15, 0.2) is 0 Å². The van der Waals surface area contributed by atoms with Gasteiger partial charge in [-0.3, -0.25) is 0 Å². The van der Waals surface area contributed by atoms with E-state index in [9.17, 15) is 0 Å². The van der Waals surface area contributed by atoms with Crippen molar-refractivity contribution in [1.29, 1.82) is 0 Å². The molecule has 0 saturated carbocycles. The van der Waals surface area contributed by atoms with Gasteiger partial charge in [0.1, 0.15) is 0 Å². The fourth-order valence-electron chi connectivity index (χ4n) is 3.27. The predicted octanol–water partition coefficient (Wildman–Crippen LogP) is 7.40. The van der Waals surface area contributed by atoms with Crippen LogP contribution in [0.3, 0.4) is 0 Å². The molecule has 0 aromatic carbocycles. The quantitative estimate of drug-likeness (QED) is 0.224. The summed E-state index contributed by atoms with van der Waals surface area (Å²) in [6.07, 6.45) is 22.7. The first-order valence-corrected chi connectivity index (χ1v) is 10.9. The Labute approximate surface area is 148 Å². The summed E-state index contributed by atoms with van der Waals surface area (Å²) < 4.78 is 0. The van der Waals surface area contributed by atoms with Crippen LogP contribution in [0.25, 0.3) is 0 Å². The highest BCUT2D eigenvalue weighted by molar-refractivity contribution is 4.60. The van der Waals surface area contributed by atoms with Gasteiger partial charge < -0.3 is 4.90 Å². The lowest BCUT2D eigenvalue weighted by Gasteiger charge is -2.20. The predicted molar refractivity (Wildman–Crippen MR) is 107 cm³/mol. The van der Waals surface area contributed by atoms with Crippen LogP contribution in [-0.4, -0.2) is 24.5 Å². The van der Waals surface area contributed by atoms with E-state index in [4.69, 9.17) is 0 Å². The molecule has 139 valence electrons. The van der Waals surface area contributed by atoms with Crippen LogP contribution < -0.4 is 0 Å². The Bertz CT molecular complexity index is 182. The molecule has 1 nitrogen and oxygen atoms in total. The number of rotatable bonds is 19. The van der Waals surface area contributed by atoms with E-state index < -0.39 is 0 Å². The fourth-order valence-corrected chi connectivity index (χ4v) is 3.27. The van der Waals surface area contributed by atoms with E-state index in [2.05, 4.69) is 25.7 Å². The first-order valence-electron chi connectivity index (χ1n) is 10.9. The van der Waals surface area contributed by atoms with Gasteiger partial charge in [-0.1, -0.05) is 104 Å². The fraction of sp³-hybridized carbons (Fsp3) is 0.955. The van der Waals surface area contributed by atoms with Crippen LogP contribution in [0, 0.1) is 6.92 Å². The van der Waals surface area contributed by atoms with E-state index in [1.165, 1.54) is 116 Å². The van der Waals surface area contributed by atoms with E-state index in [-0.39, 0.29) is 0 Å². The van der Waals surface area contributed by atoms with Gasteiger partial charge in [-0.2, -0.15) is 0 Å². The van der Waals surface area contributed by atoms with Crippen molar-refractivity contribution in [3.8, 4) is 0 Å². The number of hydrogen-bond donors (Lipinski definition) is 0. The Balaban J connectivity index is 3.29. The lowest BCUT2D eigenvalue weighted by Crippen LogP contribution is -2.25. The van der Waals surface area contributed by atoms with Crippen LogP contribution >= 0.6 is 0 Å². The summed E-state index contributed by atoms with van der Waals surface area (Å²) in [6, 6.07) is 0. The second-order valence-electron chi connectivity index (χ2n) is 7.29. The second kappa shape index (κ2) is 20.0. The standard InChI is InChI=1S/C22H46N/c1-4-7-9-11-13-15-17-19-21-23(6-3)22-20-18-16-14-12-10-8-5-2/h3-22H2,1-2H3. The van der Waals surface area contributed by atoms with Crippen molar-refractivity contribution in [1.82, 2.24) is 4.90 Å². The molecular weight excluding hydrogens is 278 g/mol. The zero-order valence-electron chi connectivity index (χ0n) is 16.6. The van der Waals surface area contributed by atoms with E-state index in [1.54, 1.807) is 0 Å². The second-order valence-corrected chi connectivity index (χ2v) is 7.29. The molecule has 0 unspecified atom stereocenters. The topological polar surface area (TPSA) is 3.24 Å². The molecule has 0 aliphatic carbocycles. The van der Waals surface area contributed by atoms with Crippen LogP contribution in [0.2, 0.25) is 0 Å². The minimum absolute atomic E-state index is 0.993. The summed E-state index contributed by atoms with van der Waals surface area (Å²) in [7, 11) is 0. The molecule has 0 atom stereocenters. The van der Waals surface area contributed by atoms with Gasteiger partial charge in [0.2, 0.25) is 0 Å². The molecule has 0 saturated heterocycles. The average molecular weight is 325 g/mol. The first kappa shape index (κ1) is 23.0. The molecule has 0 aromatic rings. The molecule has 0 N–H and O–H groups in total. The van der Waals surface area contributed by atoms with E-state index in [1.807, 2.05) is 0 Å². The summed E-state index contributed by atoms with van der Waals surface area (Å²) >= 11 is 0. The van der Waals surface area contributed by atoms with Crippen LogP contribution in [0.5, 0.6) is 0 Å². The zero-order valence-corrected chi connectivity index (χ0v) is 16.6. The Morgan fingerprint density at radius 3 is 1.09 bits per heavy atom. The summed E-state index contributed by atoms with van der Waals surface area (Å²) in [5.74, 6) is 0. The SMILES string of the molecule is [CH2]CN(CCCCCCCCCC)CCCCCCCCCC. The molecular formula is C22H46N. The minimum atomic E-state index is 0.993. The van der Waals surface area contributed by atoms with E-state index >= 15 is 0 Å².